The molecular formula is C19H26N2O2. The Balaban J connectivity index is 2.51. The van der Waals surface area contributed by atoms with Crippen molar-refractivity contribution in [2.45, 2.75) is 54.4 Å². The van der Waals surface area contributed by atoms with E-state index in [2.05, 4.69) is 31.9 Å². The molecule has 2 rings (SSSR count). The Morgan fingerprint density at radius 2 is 1.83 bits per heavy atom. The number of nitrogens with zero attached hydrogens (tertiary/aromatic N) is 2. The van der Waals surface area contributed by atoms with Crippen molar-refractivity contribution in [2.75, 3.05) is 0 Å². The molecule has 0 fully saturated rings. The van der Waals surface area contributed by atoms with Crippen LogP contribution in [0.5, 0.6) is 5.88 Å². The van der Waals surface area contributed by atoms with Gasteiger partial charge in [0.15, 0.2) is 0 Å². The zero-order valence-corrected chi connectivity index (χ0v) is 15.1. The van der Waals surface area contributed by atoms with Crippen LogP contribution >= 0.6 is 0 Å². The standard InChI is InChI=1S/C19H26N2O2/c1-12(2)15-11-17(23-18(22)19(5,6)7)21(20-15)16-9-8-13(3)10-14(16)4/h8-12H,1-7H3. The van der Waals surface area contributed by atoms with E-state index in [0.29, 0.717) is 5.88 Å². The summed E-state index contributed by atoms with van der Waals surface area (Å²) in [6.45, 7) is 13.8. The molecule has 1 aromatic carbocycles. The summed E-state index contributed by atoms with van der Waals surface area (Å²) in [5, 5.41) is 4.65. The molecular weight excluding hydrogens is 288 g/mol. The largest absolute Gasteiger partial charge is 0.407 e. The highest BCUT2D eigenvalue weighted by atomic mass is 16.5. The zero-order chi connectivity index (χ0) is 17.4. The monoisotopic (exact) mass is 314 g/mol. The lowest BCUT2D eigenvalue weighted by Gasteiger charge is -2.17. The van der Waals surface area contributed by atoms with Crippen molar-refractivity contribution < 1.29 is 9.53 Å². The van der Waals surface area contributed by atoms with Crippen LogP contribution in [0.15, 0.2) is 24.3 Å². The molecule has 1 aromatic heterocycles. The van der Waals surface area contributed by atoms with Crippen LogP contribution in [0.25, 0.3) is 5.69 Å². The van der Waals surface area contributed by atoms with Crippen molar-refractivity contribution in [2.24, 2.45) is 5.41 Å². The van der Waals surface area contributed by atoms with Crippen LogP contribution in [-0.4, -0.2) is 15.7 Å². The number of benzene rings is 1. The van der Waals surface area contributed by atoms with Gasteiger partial charge in [0, 0.05) is 6.07 Å². The number of esters is 1. The highest BCUT2D eigenvalue weighted by Gasteiger charge is 2.26. The summed E-state index contributed by atoms with van der Waals surface area (Å²) in [6.07, 6.45) is 0. The fraction of sp³-hybridized carbons (Fsp3) is 0.474. The summed E-state index contributed by atoms with van der Waals surface area (Å²) in [5.74, 6) is 0.466. The molecule has 0 aliphatic heterocycles. The second-order valence-corrected chi connectivity index (χ2v) is 7.40. The van der Waals surface area contributed by atoms with Gasteiger partial charge < -0.3 is 4.74 Å². The minimum Gasteiger partial charge on any atom is -0.407 e. The van der Waals surface area contributed by atoms with Gasteiger partial charge in [0.2, 0.25) is 5.88 Å². The Morgan fingerprint density at radius 1 is 1.17 bits per heavy atom. The summed E-state index contributed by atoms with van der Waals surface area (Å²) < 4.78 is 7.37. The molecule has 0 unspecified atom stereocenters. The minimum absolute atomic E-state index is 0.258. The summed E-state index contributed by atoms with van der Waals surface area (Å²) in [4.78, 5) is 12.3. The van der Waals surface area contributed by atoms with E-state index >= 15 is 0 Å². The molecule has 0 N–H and O–H groups in total. The normalized spacial score (nSPS) is 11.8. The molecule has 0 amide bonds. The maximum Gasteiger partial charge on any atom is 0.317 e. The van der Waals surface area contributed by atoms with E-state index in [0.717, 1.165) is 16.9 Å². The lowest BCUT2D eigenvalue weighted by atomic mass is 9.97. The van der Waals surface area contributed by atoms with E-state index in [-0.39, 0.29) is 11.9 Å². The molecule has 0 spiro atoms. The van der Waals surface area contributed by atoms with Crippen LogP contribution in [0.4, 0.5) is 0 Å². The Kier molecular flexibility index (Phi) is 4.64. The smallest absolute Gasteiger partial charge is 0.317 e. The number of hydrogen-bond acceptors (Lipinski definition) is 3. The number of ether oxygens (including phenoxy) is 1. The Morgan fingerprint density at radius 3 is 2.35 bits per heavy atom. The fourth-order valence-electron chi connectivity index (χ4n) is 2.20. The van der Waals surface area contributed by atoms with Crippen LogP contribution in [0.2, 0.25) is 0 Å². The molecule has 1 heterocycles. The molecule has 0 saturated carbocycles. The number of carbonyl (C=O) groups is 1. The second kappa shape index (κ2) is 6.19. The lowest BCUT2D eigenvalue weighted by Crippen LogP contribution is -2.26. The van der Waals surface area contributed by atoms with Gasteiger partial charge in [-0.3, -0.25) is 4.79 Å². The average molecular weight is 314 g/mol. The third-order valence-electron chi connectivity index (χ3n) is 3.68. The van der Waals surface area contributed by atoms with Crippen molar-refractivity contribution in [1.82, 2.24) is 9.78 Å². The van der Waals surface area contributed by atoms with E-state index in [1.807, 2.05) is 45.9 Å². The molecule has 0 bridgehead atoms. The van der Waals surface area contributed by atoms with Gasteiger partial charge in [-0.1, -0.05) is 31.5 Å². The van der Waals surface area contributed by atoms with Crippen LogP contribution < -0.4 is 4.74 Å². The van der Waals surface area contributed by atoms with Crippen molar-refractivity contribution in [3.05, 3.63) is 41.1 Å². The molecule has 0 aliphatic rings. The SMILES string of the molecule is Cc1ccc(-n2nc(C(C)C)cc2OC(=O)C(C)(C)C)c(C)c1. The first-order chi connectivity index (χ1) is 10.6. The molecule has 0 saturated heterocycles. The van der Waals surface area contributed by atoms with Crippen molar-refractivity contribution in [3.8, 4) is 11.6 Å². The third-order valence-corrected chi connectivity index (χ3v) is 3.68. The molecule has 0 radical (unpaired) electrons. The topological polar surface area (TPSA) is 44.1 Å². The first-order valence-electron chi connectivity index (χ1n) is 7.99. The average Bonchev–Trinajstić information content (AvgIpc) is 2.81. The van der Waals surface area contributed by atoms with E-state index in [4.69, 9.17) is 4.74 Å². The number of hydrogen-bond donors (Lipinski definition) is 0. The number of aromatic nitrogens is 2. The van der Waals surface area contributed by atoms with E-state index < -0.39 is 5.41 Å². The number of aryl methyl sites for hydroxylation is 2. The second-order valence-electron chi connectivity index (χ2n) is 7.40. The Labute approximate surface area is 138 Å². The quantitative estimate of drug-likeness (QED) is 0.780. The van der Waals surface area contributed by atoms with Crippen LogP contribution in [0, 0.1) is 19.3 Å². The van der Waals surface area contributed by atoms with Gasteiger partial charge in [-0.05, 0) is 52.2 Å². The highest BCUT2D eigenvalue weighted by molar-refractivity contribution is 5.77. The highest BCUT2D eigenvalue weighted by Crippen LogP contribution is 2.28. The molecule has 0 atom stereocenters. The summed E-state index contributed by atoms with van der Waals surface area (Å²) in [7, 11) is 0. The van der Waals surface area contributed by atoms with Gasteiger partial charge in [0.1, 0.15) is 0 Å². The molecule has 124 valence electrons. The van der Waals surface area contributed by atoms with Crippen molar-refractivity contribution in [1.29, 1.82) is 0 Å². The van der Waals surface area contributed by atoms with Gasteiger partial charge in [-0.25, -0.2) is 4.68 Å². The van der Waals surface area contributed by atoms with Gasteiger partial charge >= 0.3 is 5.97 Å². The molecule has 0 aliphatic carbocycles. The molecule has 2 aromatic rings. The number of rotatable bonds is 3. The Hall–Kier alpha value is -2.10. The summed E-state index contributed by atoms with van der Waals surface area (Å²) in [6, 6.07) is 8.00. The maximum absolute atomic E-state index is 12.3. The number of carbonyl (C=O) groups excluding carboxylic acids is 1. The molecule has 4 heteroatoms. The van der Waals surface area contributed by atoms with Crippen LogP contribution in [0.1, 0.15) is 57.4 Å². The van der Waals surface area contributed by atoms with Crippen molar-refractivity contribution >= 4 is 5.97 Å². The van der Waals surface area contributed by atoms with Crippen LogP contribution in [-0.2, 0) is 4.79 Å². The van der Waals surface area contributed by atoms with Crippen molar-refractivity contribution in [3.63, 3.8) is 0 Å². The Bertz CT molecular complexity index is 721. The fourth-order valence-corrected chi connectivity index (χ4v) is 2.20. The molecule has 23 heavy (non-hydrogen) atoms. The predicted octanol–water partition coefficient (Wildman–Crippen LogP) is 4.56. The van der Waals surface area contributed by atoms with Gasteiger partial charge in [0.05, 0.1) is 16.8 Å². The van der Waals surface area contributed by atoms with E-state index in [9.17, 15) is 4.79 Å². The predicted molar refractivity (Wildman–Crippen MR) is 92.2 cm³/mol. The third kappa shape index (κ3) is 3.81. The van der Waals surface area contributed by atoms with Gasteiger partial charge in [-0.15, -0.1) is 0 Å². The maximum atomic E-state index is 12.3. The van der Waals surface area contributed by atoms with E-state index in [1.165, 1.54) is 5.56 Å². The zero-order valence-electron chi connectivity index (χ0n) is 15.1. The summed E-state index contributed by atoms with van der Waals surface area (Å²) in [5.41, 5.74) is 3.56. The first kappa shape index (κ1) is 17.3. The van der Waals surface area contributed by atoms with E-state index in [1.54, 1.807) is 4.68 Å². The van der Waals surface area contributed by atoms with Crippen LogP contribution in [0.3, 0.4) is 0 Å². The summed E-state index contributed by atoms with van der Waals surface area (Å²) >= 11 is 0. The lowest BCUT2D eigenvalue weighted by molar-refractivity contribution is -0.143. The first-order valence-corrected chi connectivity index (χ1v) is 7.99. The van der Waals surface area contributed by atoms with Gasteiger partial charge in [-0.2, -0.15) is 5.10 Å². The van der Waals surface area contributed by atoms with Gasteiger partial charge in [0.25, 0.3) is 0 Å². The minimum atomic E-state index is -0.560. The molecule has 4 nitrogen and oxygen atoms in total.